The second-order valence-corrected chi connectivity index (χ2v) is 7.10. The monoisotopic (exact) mass is 313 g/mol. The van der Waals surface area contributed by atoms with E-state index in [1.165, 1.54) is 6.42 Å². The molecule has 0 spiro atoms. The maximum atomic E-state index is 12.4. The highest BCUT2D eigenvalue weighted by atomic mass is 79.9. The molecule has 0 bridgehead atoms. The Balaban J connectivity index is 1.75. The number of likely N-dealkylation sites (tertiary alicyclic amines) is 1. The van der Waals surface area contributed by atoms with Crippen LogP contribution in [0.25, 0.3) is 0 Å². The molecule has 2 amide bonds. The van der Waals surface area contributed by atoms with Gasteiger partial charge in [-0.25, -0.2) is 0 Å². The highest BCUT2D eigenvalue weighted by Gasteiger charge is 2.53. The molecule has 3 rings (SSSR count). The molecule has 3 nitrogen and oxygen atoms in total. The molecule has 0 aromatic rings. The Labute approximate surface area is 116 Å². The maximum Gasteiger partial charge on any atom is 0.233 e. The SMILES string of the molecule is CC1CC2C(=O)N(CC3(CBr)CCC3)C(=O)C2C1. The molecule has 4 heteroatoms. The Morgan fingerprint density at radius 3 is 2.17 bits per heavy atom. The minimum absolute atomic E-state index is 0.0000444. The predicted octanol–water partition coefficient (Wildman–Crippen LogP) is 2.58. The van der Waals surface area contributed by atoms with Crippen LogP contribution in [0.4, 0.5) is 0 Å². The second kappa shape index (κ2) is 4.32. The summed E-state index contributed by atoms with van der Waals surface area (Å²) >= 11 is 3.55. The molecule has 3 aliphatic rings. The van der Waals surface area contributed by atoms with Crippen LogP contribution in [0.3, 0.4) is 0 Å². The summed E-state index contributed by atoms with van der Waals surface area (Å²) in [5, 5.41) is 0.906. The lowest BCUT2D eigenvalue weighted by Gasteiger charge is -2.42. The third-order valence-corrected chi connectivity index (χ3v) is 6.35. The number of nitrogens with zero attached hydrogens (tertiary/aromatic N) is 1. The van der Waals surface area contributed by atoms with Crippen molar-refractivity contribution < 1.29 is 9.59 Å². The molecule has 1 saturated heterocycles. The van der Waals surface area contributed by atoms with Crippen molar-refractivity contribution in [3.05, 3.63) is 0 Å². The Hall–Kier alpha value is -0.380. The van der Waals surface area contributed by atoms with Gasteiger partial charge in [0.05, 0.1) is 11.8 Å². The van der Waals surface area contributed by atoms with Crippen molar-refractivity contribution >= 4 is 27.7 Å². The summed E-state index contributed by atoms with van der Waals surface area (Å²) in [6.07, 6.45) is 5.33. The normalized spacial score (nSPS) is 37.9. The van der Waals surface area contributed by atoms with Crippen LogP contribution in [0.1, 0.15) is 39.0 Å². The van der Waals surface area contributed by atoms with Gasteiger partial charge in [-0.05, 0) is 37.0 Å². The summed E-state index contributed by atoms with van der Waals surface area (Å²) in [6, 6.07) is 0. The van der Waals surface area contributed by atoms with E-state index in [0.717, 1.165) is 31.0 Å². The average molecular weight is 314 g/mol. The molecule has 2 atom stereocenters. The van der Waals surface area contributed by atoms with Gasteiger partial charge in [-0.3, -0.25) is 14.5 Å². The number of halogens is 1. The van der Waals surface area contributed by atoms with Gasteiger partial charge >= 0.3 is 0 Å². The summed E-state index contributed by atoms with van der Waals surface area (Å²) in [5.41, 5.74) is 0.176. The van der Waals surface area contributed by atoms with Gasteiger partial charge in [0.1, 0.15) is 0 Å². The van der Waals surface area contributed by atoms with Crippen molar-refractivity contribution in [1.29, 1.82) is 0 Å². The average Bonchev–Trinajstić information content (AvgIpc) is 2.77. The van der Waals surface area contributed by atoms with Gasteiger partial charge in [0.2, 0.25) is 11.8 Å². The molecule has 1 heterocycles. The van der Waals surface area contributed by atoms with Crippen molar-refractivity contribution in [3.8, 4) is 0 Å². The van der Waals surface area contributed by atoms with Crippen LogP contribution in [0.2, 0.25) is 0 Å². The van der Waals surface area contributed by atoms with Crippen LogP contribution in [-0.4, -0.2) is 28.6 Å². The van der Waals surface area contributed by atoms with Gasteiger partial charge in [-0.2, -0.15) is 0 Å². The Bertz CT molecular complexity index is 362. The van der Waals surface area contributed by atoms with Crippen molar-refractivity contribution in [3.63, 3.8) is 0 Å². The number of carbonyl (C=O) groups excluding carboxylic acids is 2. The van der Waals surface area contributed by atoms with E-state index in [1.807, 2.05) is 0 Å². The first-order valence-electron chi connectivity index (χ1n) is 6.97. The molecule has 2 saturated carbocycles. The smallest absolute Gasteiger partial charge is 0.233 e. The van der Waals surface area contributed by atoms with E-state index in [4.69, 9.17) is 0 Å². The van der Waals surface area contributed by atoms with E-state index in [0.29, 0.717) is 12.5 Å². The van der Waals surface area contributed by atoms with Crippen LogP contribution in [-0.2, 0) is 9.59 Å². The molecular weight excluding hydrogens is 294 g/mol. The van der Waals surface area contributed by atoms with E-state index in [2.05, 4.69) is 22.9 Å². The van der Waals surface area contributed by atoms with Crippen LogP contribution in [0.5, 0.6) is 0 Å². The summed E-state index contributed by atoms with van der Waals surface area (Å²) in [4.78, 5) is 26.3. The number of fused-ring (bicyclic) bond motifs is 1. The lowest BCUT2D eigenvalue weighted by molar-refractivity contribution is -0.143. The van der Waals surface area contributed by atoms with Crippen LogP contribution < -0.4 is 0 Å². The lowest BCUT2D eigenvalue weighted by atomic mass is 9.70. The number of hydrogen-bond acceptors (Lipinski definition) is 2. The molecule has 0 radical (unpaired) electrons. The minimum atomic E-state index is -0.0000444. The standard InChI is InChI=1S/C14H20BrNO2/c1-9-5-10-11(6-9)13(18)16(12(10)17)8-14(7-15)3-2-4-14/h9-11H,2-8H2,1H3. The van der Waals surface area contributed by atoms with E-state index in [-0.39, 0.29) is 29.1 Å². The van der Waals surface area contributed by atoms with E-state index in [9.17, 15) is 9.59 Å². The molecule has 1 aliphatic heterocycles. The Morgan fingerprint density at radius 2 is 1.78 bits per heavy atom. The van der Waals surface area contributed by atoms with Gasteiger partial charge in [0.25, 0.3) is 0 Å². The minimum Gasteiger partial charge on any atom is -0.282 e. The van der Waals surface area contributed by atoms with E-state index < -0.39 is 0 Å². The lowest BCUT2D eigenvalue weighted by Crippen LogP contribution is -2.46. The van der Waals surface area contributed by atoms with E-state index in [1.54, 1.807) is 4.90 Å². The number of imide groups is 1. The molecular formula is C14H20BrNO2. The largest absolute Gasteiger partial charge is 0.282 e. The molecule has 2 aliphatic carbocycles. The van der Waals surface area contributed by atoms with Crippen molar-refractivity contribution in [2.75, 3.05) is 11.9 Å². The van der Waals surface area contributed by atoms with Crippen molar-refractivity contribution in [1.82, 2.24) is 4.90 Å². The Kier molecular flexibility index (Phi) is 3.04. The quantitative estimate of drug-likeness (QED) is 0.593. The first-order valence-corrected chi connectivity index (χ1v) is 8.10. The zero-order valence-electron chi connectivity index (χ0n) is 10.8. The maximum absolute atomic E-state index is 12.4. The highest BCUT2D eigenvalue weighted by molar-refractivity contribution is 9.09. The van der Waals surface area contributed by atoms with Crippen LogP contribution in [0.15, 0.2) is 0 Å². The third kappa shape index (κ3) is 1.75. The van der Waals surface area contributed by atoms with Gasteiger partial charge in [0.15, 0.2) is 0 Å². The summed E-state index contributed by atoms with van der Waals surface area (Å²) in [6.45, 7) is 2.80. The number of alkyl halides is 1. The van der Waals surface area contributed by atoms with Gasteiger partial charge in [-0.1, -0.05) is 29.3 Å². The van der Waals surface area contributed by atoms with Gasteiger partial charge in [0, 0.05) is 11.9 Å². The number of carbonyl (C=O) groups is 2. The van der Waals surface area contributed by atoms with Crippen LogP contribution >= 0.6 is 15.9 Å². The van der Waals surface area contributed by atoms with Crippen LogP contribution in [0, 0.1) is 23.2 Å². The fourth-order valence-electron chi connectivity index (χ4n) is 3.85. The highest BCUT2D eigenvalue weighted by Crippen LogP contribution is 2.47. The van der Waals surface area contributed by atoms with E-state index >= 15 is 0 Å². The molecule has 2 unspecified atom stereocenters. The third-order valence-electron chi connectivity index (χ3n) is 5.16. The van der Waals surface area contributed by atoms with Gasteiger partial charge < -0.3 is 0 Å². The summed E-state index contributed by atoms with van der Waals surface area (Å²) < 4.78 is 0. The Morgan fingerprint density at radius 1 is 1.22 bits per heavy atom. The fourth-order valence-corrected chi connectivity index (χ4v) is 4.59. The molecule has 100 valence electrons. The van der Waals surface area contributed by atoms with Crippen molar-refractivity contribution in [2.24, 2.45) is 23.2 Å². The zero-order valence-corrected chi connectivity index (χ0v) is 12.4. The fraction of sp³-hybridized carbons (Fsp3) is 0.857. The molecule has 0 aromatic carbocycles. The molecule has 3 fully saturated rings. The molecule has 0 N–H and O–H groups in total. The topological polar surface area (TPSA) is 37.4 Å². The zero-order chi connectivity index (χ0) is 12.9. The first-order chi connectivity index (χ1) is 8.56. The molecule has 0 aromatic heterocycles. The first kappa shape index (κ1) is 12.6. The number of rotatable bonds is 3. The summed E-state index contributed by atoms with van der Waals surface area (Å²) in [7, 11) is 0. The molecule has 18 heavy (non-hydrogen) atoms. The van der Waals surface area contributed by atoms with Gasteiger partial charge in [-0.15, -0.1) is 0 Å². The summed E-state index contributed by atoms with van der Waals surface area (Å²) in [5.74, 6) is 0.756. The predicted molar refractivity (Wildman–Crippen MR) is 72.2 cm³/mol. The van der Waals surface area contributed by atoms with Crippen molar-refractivity contribution in [2.45, 2.75) is 39.0 Å². The number of amides is 2. The second-order valence-electron chi connectivity index (χ2n) is 6.54. The number of hydrogen-bond donors (Lipinski definition) is 0.